The molecule has 4 atom stereocenters. The lowest BCUT2D eigenvalue weighted by Gasteiger charge is -2.16. The molecule has 1 aliphatic rings. The minimum Gasteiger partial charge on any atom is -0.394 e. The molecule has 26 heavy (non-hydrogen) atoms. The van der Waals surface area contributed by atoms with Gasteiger partial charge in [-0.25, -0.2) is 15.0 Å². The Balaban J connectivity index is 1.61. The van der Waals surface area contributed by atoms with Crippen molar-refractivity contribution in [3.05, 3.63) is 48.5 Å². The molecule has 1 saturated heterocycles. The van der Waals surface area contributed by atoms with Gasteiger partial charge in [0.15, 0.2) is 23.2 Å². The van der Waals surface area contributed by atoms with E-state index in [0.717, 1.165) is 5.56 Å². The average molecular weight is 357 g/mol. The van der Waals surface area contributed by atoms with Crippen molar-refractivity contribution in [3.63, 3.8) is 0 Å². The minimum absolute atomic E-state index is 0.389. The summed E-state index contributed by atoms with van der Waals surface area (Å²) in [6.45, 7) is 0.188. The Hall–Kier alpha value is -2.59. The lowest BCUT2D eigenvalue weighted by Crippen LogP contribution is -2.33. The van der Waals surface area contributed by atoms with Crippen LogP contribution in [0, 0.1) is 0 Å². The van der Waals surface area contributed by atoms with Gasteiger partial charge in [-0.15, -0.1) is 0 Å². The van der Waals surface area contributed by atoms with Crippen LogP contribution in [0.15, 0.2) is 43.0 Å². The summed E-state index contributed by atoms with van der Waals surface area (Å²) in [5, 5.41) is 32.6. The molecule has 1 aromatic carbocycles. The maximum absolute atomic E-state index is 10.2. The van der Waals surface area contributed by atoms with Gasteiger partial charge < -0.3 is 25.4 Å². The molecule has 0 saturated carbocycles. The van der Waals surface area contributed by atoms with E-state index in [1.165, 1.54) is 17.2 Å². The van der Waals surface area contributed by atoms with Gasteiger partial charge in [-0.05, 0) is 5.56 Å². The Morgan fingerprint density at radius 3 is 2.62 bits per heavy atom. The first-order chi connectivity index (χ1) is 12.7. The number of fused-ring (bicyclic) bond motifs is 1. The zero-order valence-electron chi connectivity index (χ0n) is 13.8. The maximum Gasteiger partial charge on any atom is 0.167 e. The van der Waals surface area contributed by atoms with Crippen molar-refractivity contribution in [2.24, 2.45) is 0 Å². The summed E-state index contributed by atoms with van der Waals surface area (Å²) in [5.74, 6) is 0.560. The molecule has 3 heterocycles. The first kappa shape index (κ1) is 16.9. The standard InChI is InChI=1S/C17H19N5O4/c23-7-11-13(24)14(25)17(26-11)22-9-21-12-15(19-8-20-16(12)22)18-6-10-4-2-1-3-5-10/h1-5,8-9,11,13-14,17,23-25H,6-7H2,(H,18,19,20)/t11?,13-,14?,17?/m0/s1. The molecule has 0 spiro atoms. The fourth-order valence-corrected chi connectivity index (χ4v) is 3.06. The number of nitrogens with one attached hydrogen (secondary N) is 1. The number of rotatable bonds is 5. The summed E-state index contributed by atoms with van der Waals surface area (Å²) in [4.78, 5) is 12.8. The van der Waals surface area contributed by atoms with Crippen molar-refractivity contribution in [2.75, 3.05) is 11.9 Å². The Labute approximate surface area is 148 Å². The van der Waals surface area contributed by atoms with Gasteiger partial charge in [-0.3, -0.25) is 4.57 Å². The molecule has 1 aliphatic heterocycles. The van der Waals surface area contributed by atoms with Gasteiger partial charge in [0, 0.05) is 6.54 Å². The fraction of sp³-hybridized carbons (Fsp3) is 0.353. The van der Waals surface area contributed by atoms with E-state index in [-0.39, 0.29) is 6.61 Å². The van der Waals surface area contributed by atoms with Gasteiger partial charge in [0.1, 0.15) is 24.6 Å². The van der Waals surface area contributed by atoms with E-state index < -0.39 is 24.5 Å². The Morgan fingerprint density at radius 2 is 1.88 bits per heavy atom. The van der Waals surface area contributed by atoms with Gasteiger partial charge in [0.25, 0.3) is 0 Å². The largest absolute Gasteiger partial charge is 0.394 e. The molecule has 4 rings (SSSR count). The summed E-state index contributed by atoms with van der Waals surface area (Å²) in [7, 11) is 0. The Morgan fingerprint density at radius 1 is 1.08 bits per heavy atom. The van der Waals surface area contributed by atoms with Crippen LogP contribution < -0.4 is 5.32 Å². The molecule has 0 aliphatic carbocycles. The summed E-state index contributed by atoms with van der Waals surface area (Å²) in [6.07, 6.45) is -1.24. The van der Waals surface area contributed by atoms with Crippen molar-refractivity contribution in [3.8, 4) is 0 Å². The molecule has 9 heteroatoms. The molecule has 1 fully saturated rings. The quantitative estimate of drug-likeness (QED) is 0.505. The van der Waals surface area contributed by atoms with Crippen molar-refractivity contribution in [1.29, 1.82) is 0 Å². The second kappa shape index (κ2) is 6.96. The van der Waals surface area contributed by atoms with Crippen LogP contribution in [0.4, 0.5) is 5.82 Å². The highest BCUT2D eigenvalue weighted by Gasteiger charge is 2.44. The number of hydrogen-bond donors (Lipinski definition) is 4. The van der Waals surface area contributed by atoms with Crippen LogP contribution in [0.3, 0.4) is 0 Å². The van der Waals surface area contributed by atoms with E-state index in [4.69, 9.17) is 4.74 Å². The molecule has 0 radical (unpaired) electrons. The first-order valence-electron chi connectivity index (χ1n) is 8.27. The number of anilines is 1. The Bertz CT molecular complexity index is 887. The van der Waals surface area contributed by atoms with Crippen LogP contribution in [0.25, 0.3) is 11.2 Å². The van der Waals surface area contributed by atoms with Gasteiger partial charge in [0.05, 0.1) is 12.9 Å². The number of aliphatic hydroxyl groups excluding tert-OH is 3. The highest BCUT2D eigenvalue weighted by atomic mass is 16.6. The average Bonchev–Trinajstić information content (AvgIpc) is 3.23. The van der Waals surface area contributed by atoms with Gasteiger partial charge in [-0.1, -0.05) is 30.3 Å². The number of aromatic nitrogens is 4. The zero-order valence-corrected chi connectivity index (χ0v) is 13.8. The van der Waals surface area contributed by atoms with Crippen molar-refractivity contribution in [2.45, 2.75) is 31.1 Å². The third-order valence-electron chi connectivity index (χ3n) is 4.45. The van der Waals surface area contributed by atoms with Crippen LogP contribution in [-0.2, 0) is 11.3 Å². The van der Waals surface area contributed by atoms with Crippen LogP contribution in [0.5, 0.6) is 0 Å². The molecule has 9 nitrogen and oxygen atoms in total. The smallest absolute Gasteiger partial charge is 0.167 e. The highest BCUT2D eigenvalue weighted by molar-refractivity contribution is 5.82. The predicted octanol–water partition coefficient (Wildman–Crippen LogP) is 0.0499. The fourth-order valence-electron chi connectivity index (χ4n) is 3.06. The highest BCUT2D eigenvalue weighted by Crippen LogP contribution is 2.32. The monoisotopic (exact) mass is 357 g/mol. The summed E-state index contributed by atoms with van der Waals surface area (Å²) in [6, 6.07) is 9.88. The molecule has 136 valence electrons. The summed E-state index contributed by atoms with van der Waals surface area (Å²) in [5.41, 5.74) is 2.09. The topological polar surface area (TPSA) is 126 Å². The van der Waals surface area contributed by atoms with Crippen LogP contribution >= 0.6 is 0 Å². The number of ether oxygens (including phenoxy) is 1. The molecule has 4 N–H and O–H groups in total. The van der Waals surface area contributed by atoms with E-state index >= 15 is 0 Å². The Kier molecular flexibility index (Phi) is 4.51. The lowest BCUT2D eigenvalue weighted by atomic mass is 10.1. The van der Waals surface area contributed by atoms with E-state index in [1.54, 1.807) is 0 Å². The van der Waals surface area contributed by atoms with Gasteiger partial charge in [0.2, 0.25) is 0 Å². The van der Waals surface area contributed by atoms with Crippen molar-refractivity contribution < 1.29 is 20.1 Å². The SMILES string of the molecule is OCC1OC(n2cnc3c(NCc4ccccc4)ncnc32)C(O)[C@H]1O. The molecular weight excluding hydrogens is 338 g/mol. The first-order valence-corrected chi connectivity index (χ1v) is 8.27. The normalized spacial score (nSPS) is 25.7. The molecule has 0 bridgehead atoms. The molecular formula is C17H19N5O4. The second-order valence-corrected chi connectivity index (χ2v) is 6.11. The molecule has 0 amide bonds. The maximum atomic E-state index is 10.2. The lowest BCUT2D eigenvalue weighted by molar-refractivity contribution is -0.0511. The van der Waals surface area contributed by atoms with Crippen LogP contribution in [-0.4, -0.2) is 59.8 Å². The molecule has 3 aromatic rings. The number of nitrogens with zero attached hydrogens (tertiary/aromatic N) is 4. The molecule has 2 aromatic heterocycles. The number of hydrogen-bond acceptors (Lipinski definition) is 8. The van der Waals surface area contributed by atoms with Crippen molar-refractivity contribution >= 4 is 17.0 Å². The third kappa shape index (κ3) is 2.90. The van der Waals surface area contributed by atoms with Gasteiger partial charge in [-0.2, -0.15) is 0 Å². The van der Waals surface area contributed by atoms with Crippen molar-refractivity contribution in [1.82, 2.24) is 19.5 Å². The van der Waals surface area contributed by atoms with Crippen LogP contribution in [0.1, 0.15) is 11.8 Å². The van der Waals surface area contributed by atoms with E-state index in [0.29, 0.717) is 23.5 Å². The summed E-state index contributed by atoms with van der Waals surface area (Å²) >= 11 is 0. The van der Waals surface area contributed by atoms with E-state index in [2.05, 4.69) is 20.3 Å². The van der Waals surface area contributed by atoms with E-state index in [9.17, 15) is 15.3 Å². The third-order valence-corrected chi connectivity index (χ3v) is 4.45. The van der Waals surface area contributed by atoms with Gasteiger partial charge >= 0.3 is 0 Å². The summed E-state index contributed by atoms with van der Waals surface area (Å²) < 4.78 is 7.08. The minimum atomic E-state index is -1.19. The predicted molar refractivity (Wildman–Crippen MR) is 92.1 cm³/mol. The van der Waals surface area contributed by atoms with E-state index in [1.807, 2.05) is 30.3 Å². The number of imidazole rings is 1. The van der Waals surface area contributed by atoms with Crippen LogP contribution in [0.2, 0.25) is 0 Å². The second-order valence-electron chi connectivity index (χ2n) is 6.11. The molecule has 3 unspecified atom stereocenters. The number of benzene rings is 1. The zero-order chi connectivity index (χ0) is 18.1. The number of aliphatic hydroxyl groups is 3.